The fraction of sp³-hybridized carbons (Fsp3) is 0.533. The third-order valence-corrected chi connectivity index (χ3v) is 3.77. The lowest BCUT2D eigenvalue weighted by Gasteiger charge is -2.16. The Morgan fingerprint density at radius 3 is 2.47 bits per heavy atom. The Morgan fingerprint density at radius 1 is 1.24 bits per heavy atom. The van der Waals surface area contributed by atoms with Crippen LogP contribution in [0.15, 0.2) is 30.3 Å². The van der Waals surface area contributed by atoms with Crippen LogP contribution < -0.4 is 0 Å². The lowest BCUT2D eigenvalue weighted by atomic mass is 9.88. The van der Waals surface area contributed by atoms with Gasteiger partial charge in [-0.05, 0) is 24.3 Å². The van der Waals surface area contributed by atoms with Crippen molar-refractivity contribution in [3.05, 3.63) is 35.9 Å². The summed E-state index contributed by atoms with van der Waals surface area (Å²) in [5.74, 6) is -0.207. The van der Waals surface area contributed by atoms with Crippen molar-refractivity contribution in [3.63, 3.8) is 0 Å². The van der Waals surface area contributed by atoms with Gasteiger partial charge in [-0.1, -0.05) is 56.0 Å². The van der Waals surface area contributed by atoms with E-state index in [0.717, 1.165) is 12.0 Å². The zero-order valence-electron chi connectivity index (χ0n) is 10.1. The second kappa shape index (κ2) is 5.85. The summed E-state index contributed by atoms with van der Waals surface area (Å²) in [4.78, 5) is 11.3. The van der Waals surface area contributed by atoms with Crippen molar-refractivity contribution >= 4 is 5.97 Å². The summed E-state index contributed by atoms with van der Waals surface area (Å²) < 4.78 is 0. The Labute approximate surface area is 103 Å². The molecule has 0 radical (unpaired) electrons. The number of benzene rings is 1. The van der Waals surface area contributed by atoms with Gasteiger partial charge in [0.2, 0.25) is 0 Å². The molecule has 1 saturated carbocycles. The summed E-state index contributed by atoms with van der Waals surface area (Å²) in [6.07, 6.45) is 6.53. The quantitative estimate of drug-likeness (QED) is 0.843. The Morgan fingerprint density at radius 2 is 1.88 bits per heavy atom. The van der Waals surface area contributed by atoms with Crippen molar-refractivity contribution in [2.24, 2.45) is 11.8 Å². The molecule has 0 spiro atoms. The van der Waals surface area contributed by atoms with Gasteiger partial charge in [0.25, 0.3) is 0 Å². The minimum Gasteiger partial charge on any atom is -0.481 e. The van der Waals surface area contributed by atoms with E-state index in [2.05, 4.69) is 0 Å². The van der Waals surface area contributed by atoms with Gasteiger partial charge < -0.3 is 5.11 Å². The molecule has 0 bridgehead atoms. The number of hydrogen-bond donors (Lipinski definition) is 1. The standard InChI is InChI=1S/C15H20O2/c16-15(17)14(11-13-8-4-5-9-13)10-12-6-2-1-3-7-12/h1-3,6-7,13-14H,4-5,8-11H2,(H,16,17)/t14-/m0/s1. The summed E-state index contributed by atoms with van der Waals surface area (Å²) >= 11 is 0. The molecule has 0 aliphatic heterocycles. The molecule has 1 aromatic carbocycles. The molecule has 2 rings (SSSR count). The number of rotatable bonds is 5. The number of hydrogen-bond acceptors (Lipinski definition) is 1. The maximum Gasteiger partial charge on any atom is 0.306 e. The van der Waals surface area contributed by atoms with Crippen molar-refractivity contribution in [3.8, 4) is 0 Å². The van der Waals surface area contributed by atoms with Gasteiger partial charge in [0, 0.05) is 0 Å². The van der Waals surface area contributed by atoms with Crippen LogP contribution in [-0.4, -0.2) is 11.1 Å². The molecule has 0 amide bonds. The van der Waals surface area contributed by atoms with Gasteiger partial charge in [-0.2, -0.15) is 0 Å². The average Bonchev–Trinajstić information content (AvgIpc) is 2.82. The van der Waals surface area contributed by atoms with Gasteiger partial charge in [-0.25, -0.2) is 0 Å². The first-order valence-corrected chi connectivity index (χ1v) is 6.52. The van der Waals surface area contributed by atoms with E-state index >= 15 is 0 Å². The van der Waals surface area contributed by atoms with E-state index in [0.29, 0.717) is 12.3 Å². The maximum atomic E-state index is 11.3. The van der Waals surface area contributed by atoms with Crippen LogP contribution in [0.5, 0.6) is 0 Å². The maximum absolute atomic E-state index is 11.3. The van der Waals surface area contributed by atoms with Gasteiger partial charge in [-0.15, -0.1) is 0 Å². The predicted molar refractivity (Wildman–Crippen MR) is 67.8 cm³/mol. The van der Waals surface area contributed by atoms with Crippen molar-refractivity contribution in [1.82, 2.24) is 0 Å². The molecule has 1 aliphatic carbocycles. The molecule has 1 fully saturated rings. The van der Waals surface area contributed by atoms with Crippen molar-refractivity contribution in [1.29, 1.82) is 0 Å². The molecule has 1 atom stereocenters. The smallest absolute Gasteiger partial charge is 0.306 e. The summed E-state index contributed by atoms with van der Waals surface area (Å²) in [7, 11) is 0. The van der Waals surface area contributed by atoms with Crippen LogP contribution in [0.3, 0.4) is 0 Å². The number of carboxylic acids is 1. The van der Waals surface area contributed by atoms with Crippen molar-refractivity contribution in [2.75, 3.05) is 0 Å². The first-order valence-electron chi connectivity index (χ1n) is 6.52. The first kappa shape index (κ1) is 12.2. The van der Waals surface area contributed by atoms with E-state index in [4.69, 9.17) is 0 Å². The Kier molecular flexibility index (Phi) is 4.18. The number of carboxylic acid groups (broad SMARTS) is 1. The van der Waals surface area contributed by atoms with Crippen LogP contribution in [0, 0.1) is 11.8 Å². The van der Waals surface area contributed by atoms with E-state index in [1.165, 1.54) is 25.7 Å². The highest BCUT2D eigenvalue weighted by atomic mass is 16.4. The van der Waals surface area contributed by atoms with Crippen LogP contribution in [0.25, 0.3) is 0 Å². The fourth-order valence-corrected chi connectivity index (χ4v) is 2.82. The Bertz CT molecular complexity index is 352. The molecular formula is C15H20O2. The second-order valence-corrected chi connectivity index (χ2v) is 5.11. The molecule has 0 aromatic heterocycles. The van der Waals surface area contributed by atoms with Crippen molar-refractivity contribution in [2.45, 2.75) is 38.5 Å². The van der Waals surface area contributed by atoms with E-state index in [-0.39, 0.29) is 5.92 Å². The third-order valence-electron chi connectivity index (χ3n) is 3.77. The average molecular weight is 232 g/mol. The monoisotopic (exact) mass is 232 g/mol. The molecule has 2 nitrogen and oxygen atoms in total. The first-order chi connectivity index (χ1) is 8.25. The highest BCUT2D eigenvalue weighted by Crippen LogP contribution is 2.31. The van der Waals surface area contributed by atoms with Crippen LogP contribution in [0.1, 0.15) is 37.7 Å². The van der Waals surface area contributed by atoms with Gasteiger partial charge in [0.1, 0.15) is 0 Å². The van der Waals surface area contributed by atoms with Crippen LogP contribution >= 0.6 is 0 Å². The molecule has 0 heterocycles. The van der Waals surface area contributed by atoms with Gasteiger partial charge in [0.15, 0.2) is 0 Å². The molecule has 1 aliphatic rings. The lowest BCUT2D eigenvalue weighted by Crippen LogP contribution is -2.19. The van der Waals surface area contributed by atoms with Crippen LogP contribution in [-0.2, 0) is 11.2 Å². The summed E-state index contributed by atoms with van der Waals surface area (Å²) in [5, 5.41) is 9.29. The SMILES string of the molecule is O=C(O)[C@@H](Cc1ccccc1)CC1CCCC1. The van der Waals surface area contributed by atoms with E-state index in [9.17, 15) is 9.90 Å². The van der Waals surface area contributed by atoms with Gasteiger partial charge in [0.05, 0.1) is 5.92 Å². The van der Waals surface area contributed by atoms with Gasteiger partial charge >= 0.3 is 5.97 Å². The molecule has 0 unspecified atom stereocenters. The van der Waals surface area contributed by atoms with Crippen LogP contribution in [0.2, 0.25) is 0 Å². The Hall–Kier alpha value is -1.31. The van der Waals surface area contributed by atoms with Crippen molar-refractivity contribution < 1.29 is 9.90 Å². The molecule has 2 heteroatoms. The molecule has 0 saturated heterocycles. The highest BCUT2D eigenvalue weighted by Gasteiger charge is 2.24. The van der Waals surface area contributed by atoms with Gasteiger partial charge in [-0.3, -0.25) is 4.79 Å². The van der Waals surface area contributed by atoms with E-state index in [1.807, 2.05) is 30.3 Å². The van der Waals surface area contributed by atoms with E-state index < -0.39 is 5.97 Å². The zero-order valence-corrected chi connectivity index (χ0v) is 10.1. The minimum atomic E-state index is -0.638. The number of carbonyl (C=O) groups is 1. The molecule has 92 valence electrons. The highest BCUT2D eigenvalue weighted by molar-refractivity contribution is 5.70. The predicted octanol–water partition coefficient (Wildman–Crippen LogP) is 3.51. The van der Waals surface area contributed by atoms with Crippen LogP contribution in [0.4, 0.5) is 0 Å². The second-order valence-electron chi connectivity index (χ2n) is 5.11. The molecule has 17 heavy (non-hydrogen) atoms. The number of aliphatic carboxylic acids is 1. The Balaban J connectivity index is 1.95. The van der Waals surface area contributed by atoms with E-state index in [1.54, 1.807) is 0 Å². The largest absolute Gasteiger partial charge is 0.481 e. The normalized spacial score (nSPS) is 18.1. The summed E-state index contributed by atoms with van der Waals surface area (Å²) in [6.45, 7) is 0. The minimum absolute atomic E-state index is 0.208. The molecule has 1 N–H and O–H groups in total. The lowest BCUT2D eigenvalue weighted by molar-refractivity contribution is -0.142. The topological polar surface area (TPSA) is 37.3 Å². The zero-order chi connectivity index (χ0) is 12.1. The summed E-state index contributed by atoms with van der Waals surface area (Å²) in [6, 6.07) is 9.96. The molecular weight excluding hydrogens is 212 g/mol. The molecule has 1 aromatic rings. The fourth-order valence-electron chi connectivity index (χ4n) is 2.82. The summed E-state index contributed by atoms with van der Waals surface area (Å²) in [5.41, 5.74) is 1.14. The third kappa shape index (κ3) is 3.58.